The first kappa shape index (κ1) is 49.3. The Balaban J connectivity index is 1.17. The van der Waals surface area contributed by atoms with Gasteiger partial charge in [-0.1, -0.05) is 35.9 Å². The van der Waals surface area contributed by atoms with E-state index in [1.807, 2.05) is 18.2 Å². The number of halogens is 2. The molecule has 6 rings (SSSR count). The summed E-state index contributed by atoms with van der Waals surface area (Å²) in [4.78, 5) is 56.9. The Morgan fingerprint density at radius 1 is 0.924 bits per heavy atom. The molecule has 0 aliphatic carbocycles. The number of nitrogens with zero attached hydrogens (tertiary/aromatic N) is 6. The number of esters is 1. The Labute approximate surface area is 386 Å². The molecule has 18 nitrogen and oxygen atoms in total. The summed E-state index contributed by atoms with van der Waals surface area (Å²) in [6, 6.07) is 13.4. The van der Waals surface area contributed by atoms with Gasteiger partial charge in [-0.05, 0) is 94.9 Å². The van der Waals surface area contributed by atoms with E-state index in [1.54, 1.807) is 14.0 Å². The Hall–Kier alpha value is -6.09. The fraction of sp³-hybridized carbons (Fsp3) is 0.413. The Morgan fingerprint density at radius 3 is 2.35 bits per heavy atom. The van der Waals surface area contributed by atoms with Crippen molar-refractivity contribution in [1.29, 1.82) is 0 Å². The highest BCUT2D eigenvalue weighted by atomic mass is 35.5. The van der Waals surface area contributed by atoms with Crippen molar-refractivity contribution < 1.29 is 56.7 Å². The average molecular weight is 934 g/mol. The number of methoxy groups -OCH3 is 1. The molecule has 352 valence electrons. The van der Waals surface area contributed by atoms with E-state index in [1.165, 1.54) is 71.4 Å². The molecule has 0 spiro atoms. The number of benzene rings is 3. The van der Waals surface area contributed by atoms with Gasteiger partial charge in [-0.2, -0.15) is 4.68 Å². The lowest BCUT2D eigenvalue weighted by Crippen LogP contribution is -2.45. The molecule has 0 saturated carbocycles. The van der Waals surface area contributed by atoms with Crippen LogP contribution < -0.4 is 5.32 Å². The zero-order valence-electron chi connectivity index (χ0n) is 37.0. The highest BCUT2D eigenvalue weighted by molar-refractivity contribution is 6.31. The highest BCUT2D eigenvalue weighted by Crippen LogP contribution is 2.37. The number of nitrogens with one attached hydrogen (secondary N) is 1. The van der Waals surface area contributed by atoms with Crippen molar-refractivity contribution in [3.63, 3.8) is 0 Å². The number of anilines is 1. The fourth-order valence-corrected chi connectivity index (χ4v) is 7.56. The van der Waals surface area contributed by atoms with Crippen LogP contribution in [0.25, 0.3) is 17.3 Å². The Bertz CT molecular complexity index is 2330. The molecular formula is C46H53ClFN7O11. The summed E-state index contributed by atoms with van der Waals surface area (Å²) >= 11 is 6.15. The van der Waals surface area contributed by atoms with Crippen molar-refractivity contribution in [1.82, 2.24) is 30.0 Å². The molecule has 3 heterocycles. The quantitative estimate of drug-likeness (QED) is 0.0437. The minimum atomic E-state index is -1.21. The van der Waals surface area contributed by atoms with Crippen molar-refractivity contribution in [3.8, 4) is 5.69 Å². The first-order valence-corrected chi connectivity index (χ1v) is 21.9. The number of amides is 2. The number of ether oxygens (including phenoxy) is 7. The van der Waals surface area contributed by atoms with Gasteiger partial charge in [0.25, 0.3) is 5.91 Å². The number of fused-ring (bicyclic) bond motifs is 1. The lowest BCUT2D eigenvalue weighted by molar-refractivity contribution is -0.135. The fourth-order valence-electron chi connectivity index (χ4n) is 7.39. The van der Waals surface area contributed by atoms with Gasteiger partial charge in [-0.15, -0.1) is 5.10 Å². The van der Waals surface area contributed by atoms with Crippen molar-refractivity contribution in [2.24, 2.45) is 0 Å². The molecule has 1 unspecified atom stereocenters. The number of hydrogen-bond donors (Lipinski definition) is 1. The largest absolute Gasteiger partial charge is 0.511 e. The molecule has 0 bridgehead atoms. The molecule has 1 N–H and O–H groups in total. The third kappa shape index (κ3) is 13.5. The summed E-state index contributed by atoms with van der Waals surface area (Å²) < 4.78 is 53.3. The van der Waals surface area contributed by atoms with Gasteiger partial charge in [0.2, 0.25) is 12.2 Å². The second-order valence-electron chi connectivity index (χ2n) is 14.9. The number of hydrogen-bond acceptors (Lipinski definition) is 15. The first-order chi connectivity index (χ1) is 32.1. The maximum atomic E-state index is 15.5. The zero-order valence-corrected chi connectivity index (χ0v) is 37.7. The molecule has 2 amide bonds. The molecule has 66 heavy (non-hydrogen) atoms. The van der Waals surface area contributed by atoms with Gasteiger partial charge in [0, 0.05) is 57.5 Å². The van der Waals surface area contributed by atoms with E-state index in [2.05, 4.69) is 31.8 Å². The smallest absolute Gasteiger partial charge is 0.435 e. The summed E-state index contributed by atoms with van der Waals surface area (Å²) in [5.41, 5.74) is 4.40. The number of rotatable bonds is 22. The molecule has 2 aliphatic rings. The van der Waals surface area contributed by atoms with E-state index in [4.69, 9.17) is 44.8 Å². The number of tetrazole rings is 1. The van der Waals surface area contributed by atoms with Crippen molar-refractivity contribution in [2.75, 3.05) is 91.5 Å². The van der Waals surface area contributed by atoms with Gasteiger partial charge in [0.05, 0.1) is 69.1 Å². The summed E-state index contributed by atoms with van der Waals surface area (Å²) in [7, 11) is 1.63. The van der Waals surface area contributed by atoms with Crippen molar-refractivity contribution in [2.45, 2.75) is 39.0 Å². The van der Waals surface area contributed by atoms with Crippen molar-refractivity contribution in [3.05, 3.63) is 112 Å². The van der Waals surface area contributed by atoms with Gasteiger partial charge in [0.15, 0.2) is 5.82 Å². The van der Waals surface area contributed by atoms with Crippen LogP contribution in [0.5, 0.6) is 0 Å². The van der Waals surface area contributed by atoms with E-state index in [0.717, 1.165) is 36.2 Å². The van der Waals surface area contributed by atoms with Crippen LogP contribution in [0.3, 0.4) is 0 Å². The molecular weight excluding hydrogens is 881 g/mol. The first-order valence-electron chi connectivity index (χ1n) is 21.5. The molecule has 3 aromatic carbocycles. The number of aromatic nitrogens is 4. The summed E-state index contributed by atoms with van der Waals surface area (Å²) in [5, 5.41) is 13.9. The maximum Gasteiger partial charge on any atom is 0.511 e. The average Bonchev–Trinajstić information content (AvgIpc) is 3.86. The summed E-state index contributed by atoms with van der Waals surface area (Å²) in [5.74, 6) is -2.63. The van der Waals surface area contributed by atoms with E-state index in [0.29, 0.717) is 70.5 Å². The zero-order chi connectivity index (χ0) is 46.8. The van der Waals surface area contributed by atoms with Crippen LogP contribution >= 0.6 is 11.6 Å². The van der Waals surface area contributed by atoms with Gasteiger partial charge < -0.3 is 43.4 Å². The molecule has 1 aromatic heterocycles. The van der Waals surface area contributed by atoms with Crippen LogP contribution in [0.1, 0.15) is 58.9 Å². The second-order valence-corrected chi connectivity index (χ2v) is 15.3. The third-order valence-corrected chi connectivity index (χ3v) is 10.9. The van der Waals surface area contributed by atoms with E-state index in [9.17, 15) is 19.2 Å². The van der Waals surface area contributed by atoms with Crippen LogP contribution in [0.2, 0.25) is 5.02 Å². The molecule has 2 atom stereocenters. The Kier molecular flexibility index (Phi) is 18.7. The molecule has 4 aromatic rings. The highest BCUT2D eigenvalue weighted by Gasteiger charge is 2.37. The predicted molar refractivity (Wildman–Crippen MR) is 239 cm³/mol. The molecule has 0 radical (unpaired) electrons. The molecule has 2 aliphatic heterocycles. The second kappa shape index (κ2) is 25.0. The van der Waals surface area contributed by atoms with Crippen LogP contribution in [0.15, 0.2) is 73.1 Å². The SMILES string of the molecule is CCOC(=O)OC(C)OC(=O)c1ccc(NC(=O)[C@@H]2c3cccc(C4=CCN(CCOCCOCCOCCOC)CC4)c3CCN2C(=O)/C=C/c2c(-n3cnnn3)ccc(Cl)c2F)cc1. The lowest BCUT2D eigenvalue weighted by Gasteiger charge is -2.37. The minimum absolute atomic E-state index is 0.0289. The van der Waals surface area contributed by atoms with Gasteiger partial charge in [-0.25, -0.2) is 14.0 Å². The summed E-state index contributed by atoms with van der Waals surface area (Å²) in [6.07, 6.45) is 4.99. The van der Waals surface area contributed by atoms with Gasteiger partial charge in [-0.3, -0.25) is 14.5 Å². The third-order valence-electron chi connectivity index (χ3n) is 10.6. The van der Waals surface area contributed by atoms with Crippen LogP contribution in [-0.4, -0.2) is 146 Å². The molecule has 0 fully saturated rings. The summed E-state index contributed by atoms with van der Waals surface area (Å²) in [6.45, 7) is 9.14. The van der Waals surface area contributed by atoms with E-state index < -0.39 is 42.1 Å². The monoisotopic (exact) mass is 933 g/mol. The van der Waals surface area contributed by atoms with Gasteiger partial charge >= 0.3 is 12.1 Å². The van der Waals surface area contributed by atoms with Crippen LogP contribution in [-0.2, 0) is 49.2 Å². The lowest BCUT2D eigenvalue weighted by atomic mass is 9.84. The van der Waals surface area contributed by atoms with E-state index in [-0.39, 0.29) is 35.0 Å². The van der Waals surface area contributed by atoms with Crippen LogP contribution in [0, 0.1) is 5.82 Å². The van der Waals surface area contributed by atoms with Crippen LogP contribution in [0.4, 0.5) is 14.9 Å². The topological polar surface area (TPSA) is 195 Å². The van der Waals surface area contributed by atoms with Gasteiger partial charge in [0.1, 0.15) is 12.4 Å². The standard InChI is InChI=1S/C46H53ClFN7O11/c1-4-64-46(59)66-31(2)65-45(58)33-8-10-34(11-9-33)50-44(57)43-37-7-5-6-35(32-16-19-53(20-17-32)22-23-61-26-27-63-29-28-62-25-24-60-3)36(37)18-21-54(43)41(56)15-12-38-40(55-30-49-51-52-55)14-13-39(47)42(38)48/h5-16,30-31,43H,4,17-29H2,1-3H3,(H,50,57)/b15-12+/t31?,43-/m0/s1. The number of carbonyl (C=O) groups excluding carboxylic acids is 4. The molecule has 20 heteroatoms. The number of carbonyl (C=O) groups is 4. The van der Waals surface area contributed by atoms with Crippen molar-refractivity contribution >= 4 is 52.9 Å². The maximum absolute atomic E-state index is 15.5. The predicted octanol–water partition coefficient (Wildman–Crippen LogP) is 5.69. The minimum Gasteiger partial charge on any atom is -0.435 e. The molecule has 0 saturated heterocycles. The van der Waals surface area contributed by atoms with E-state index >= 15 is 4.39 Å². The Morgan fingerprint density at radius 2 is 1.67 bits per heavy atom. The normalized spacial score (nSPS) is 15.5.